The summed E-state index contributed by atoms with van der Waals surface area (Å²) in [6.45, 7) is 1.47. The summed E-state index contributed by atoms with van der Waals surface area (Å²) in [5, 5.41) is 4.34. The molecule has 0 unspecified atom stereocenters. The smallest absolute Gasteiger partial charge is 0.275 e. The molecule has 1 aromatic carbocycles. The zero-order chi connectivity index (χ0) is 12.3. The molecule has 17 heavy (non-hydrogen) atoms. The minimum atomic E-state index is -0.306. The van der Waals surface area contributed by atoms with Crippen LogP contribution in [0.15, 0.2) is 35.2 Å². The second kappa shape index (κ2) is 4.88. The molecule has 1 amide bonds. The third-order valence-electron chi connectivity index (χ3n) is 2.22. The maximum absolute atomic E-state index is 11.8. The number of nitrogens with one attached hydrogen (secondary N) is 1. The number of para-hydroxylation sites is 1. The maximum atomic E-state index is 11.8. The molecule has 0 atom stereocenters. The largest absolute Gasteiger partial charge is 0.320 e. The fourth-order valence-electron chi connectivity index (χ4n) is 1.41. The normalized spacial score (nSPS) is 9.94. The van der Waals surface area contributed by atoms with Crippen molar-refractivity contribution < 1.29 is 9.59 Å². The SMILES string of the molecule is CC(=O)c1ccccc1NC(=O)c1cscn1. The molecule has 0 aliphatic rings. The average Bonchev–Trinajstić information content (AvgIpc) is 2.83. The second-order valence-corrected chi connectivity index (χ2v) is 4.15. The minimum Gasteiger partial charge on any atom is -0.320 e. The number of anilines is 1. The number of nitrogens with zero attached hydrogens (tertiary/aromatic N) is 1. The van der Waals surface area contributed by atoms with Crippen LogP contribution in [0.4, 0.5) is 5.69 Å². The van der Waals surface area contributed by atoms with Crippen molar-refractivity contribution in [1.29, 1.82) is 0 Å². The summed E-state index contributed by atoms with van der Waals surface area (Å²) in [5.41, 5.74) is 2.95. The first kappa shape index (κ1) is 11.5. The van der Waals surface area contributed by atoms with E-state index in [-0.39, 0.29) is 11.7 Å². The molecule has 1 N–H and O–H groups in total. The van der Waals surface area contributed by atoms with Gasteiger partial charge in [0, 0.05) is 10.9 Å². The van der Waals surface area contributed by atoms with Gasteiger partial charge in [0.1, 0.15) is 5.69 Å². The van der Waals surface area contributed by atoms with E-state index in [0.29, 0.717) is 16.9 Å². The van der Waals surface area contributed by atoms with E-state index < -0.39 is 0 Å². The Hall–Kier alpha value is -2.01. The van der Waals surface area contributed by atoms with Crippen molar-refractivity contribution in [3.63, 3.8) is 0 Å². The predicted molar refractivity (Wildman–Crippen MR) is 66.5 cm³/mol. The van der Waals surface area contributed by atoms with Crippen molar-refractivity contribution in [1.82, 2.24) is 4.98 Å². The van der Waals surface area contributed by atoms with Crippen LogP contribution in [0.3, 0.4) is 0 Å². The summed E-state index contributed by atoms with van der Waals surface area (Å²) in [6, 6.07) is 6.90. The Balaban J connectivity index is 2.25. The van der Waals surface area contributed by atoms with E-state index in [2.05, 4.69) is 10.3 Å². The molecule has 0 radical (unpaired) electrons. The molecule has 1 aromatic heterocycles. The number of hydrogen-bond donors (Lipinski definition) is 1. The van der Waals surface area contributed by atoms with E-state index in [9.17, 15) is 9.59 Å². The van der Waals surface area contributed by atoms with Gasteiger partial charge in [-0.1, -0.05) is 12.1 Å². The topological polar surface area (TPSA) is 59.1 Å². The van der Waals surface area contributed by atoms with Gasteiger partial charge < -0.3 is 5.32 Å². The summed E-state index contributed by atoms with van der Waals surface area (Å²) in [4.78, 5) is 27.0. The Morgan fingerprint density at radius 1 is 1.29 bits per heavy atom. The molecule has 0 aliphatic heterocycles. The zero-order valence-corrected chi connectivity index (χ0v) is 9.95. The van der Waals surface area contributed by atoms with Crippen LogP contribution in [0.25, 0.3) is 0 Å². The molecule has 1 heterocycles. The highest BCUT2D eigenvalue weighted by molar-refractivity contribution is 7.07. The molecule has 0 fully saturated rings. The number of hydrogen-bond acceptors (Lipinski definition) is 4. The molecule has 4 nitrogen and oxygen atoms in total. The quantitative estimate of drug-likeness (QED) is 0.847. The maximum Gasteiger partial charge on any atom is 0.275 e. The van der Waals surface area contributed by atoms with Gasteiger partial charge in [0.2, 0.25) is 0 Å². The number of amides is 1. The van der Waals surface area contributed by atoms with Gasteiger partial charge in [0.15, 0.2) is 5.78 Å². The van der Waals surface area contributed by atoms with Gasteiger partial charge >= 0.3 is 0 Å². The lowest BCUT2D eigenvalue weighted by molar-refractivity contribution is 0.101. The standard InChI is InChI=1S/C12H10N2O2S/c1-8(15)9-4-2-3-5-10(9)14-12(16)11-6-17-7-13-11/h2-7H,1H3,(H,14,16). The van der Waals surface area contributed by atoms with Gasteiger partial charge in [-0.25, -0.2) is 4.98 Å². The number of carbonyl (C=O) groups is 2. The molecule has 5 heteroatoms. The first-order chi connectivity index (χ1) is 8.18. The number of Topliss-reactive ketones (excluding diaryl/α,β-unsaturated/α-hetero) is 1. The Morgan fingerprint density at radius 3 is 2.71 bits per heavy atom. The number of benzene rings is 1. The van der Waals surface area contributed by atoms with E-state index in [1.807, 2.05) is 0 Å². The molecular formula is C12H10N2O2S. The molecule has 0 spiro atoms. The molecule has 2 aromatic rings. The van der Waals surface area contributed by atoms with Crippen molar-refractivity contribution in [2.45, 2.75) is 6.92 Å². The summed E-state index contributed by atoms with van der Waals surface area (Å²) < 4.78 is 0. The summed E-state index contributed by atoms with van der Waals surface area (Å²) in [7, 11) is 0. The Kier molecular flexibility index (Phi) is 3.30. The van der Waals surface area contributed by atoms with E-state index in [1.54, 1.807) is 35.2 Å². The predicted octanol–water partition coefficient (Wildman–Crippen LogP) is 2.60. The van der Waals surface area contributed by atoms with E-state index in [1.165, 1.54) is 18.3 Å². The summed E-state index contributed by atoms with van der Waals surface area (Å²) in [6.07, 6.45) is 0. The molecule has 0 saturated carbocycles. The van der Waals surface area contributed by atoms with Crippen LogP contribution in [0, 0.1) is 0 Å². The molecule has 0 saturated heterocycles. The van der Waals surface area contributed by atoms with Crippen LogP contribution in [0.1, 0.15) is 27.8 Å². The minimum absolute atomic E-state index is 0.0841. The van der Waals surface area contributed by atoms with Gasteiger partial charge in [-0.05, 0) is 19.1 Å². The molecule has 0 aliphatic carbocycles. The van der Waals surface area contributed by atoms with Crippen LogP contribution < -0.4 is 5.32 Å². The fourth-order valence-corrected chi connectivity index (χ4v) is 1.94. The highest BCUT2D eigenvalue weighted by Crippen LogP contribution is 2.16. The highest BCUT2D eigenvalue weighted by atomic mass is 32.1. The van der Waals surface area contributed by atoms with Crippen molar-refractivity contribution in [2.24, 2.45) is 0 Å². The average molecular weight is 246 g/mol. The van der Waals surface area contributed by atoms with Gasteiger partial charge in [0.25, 0.3) is 5.91 Å². The second-order valence-electron chi connectivity index (χ2n) is 3.43. The Labute approximate surface area is 102 Å². The lowest BCUT2D eigenvalue weighted by atomic mass is 10.1. The molecule has 86 valence electrons. The highest BCUT2D eigenvalue weighted by Gasteiger charge is 2.12. The van der Waals surface area contributed by atoms with Gasteiger partial charge in [-0.3, -0.25) is 9.59 Å². The van der Waals surface area contributed by atoms with Crippen molar-refractivity contribution >= 4 is 28.7 Å². The summed E-state index contributed by atoms with van der Waals surface area (Å²) in [5.74, 6) is -0.390. The molecular weight excluding hydrogens is 236 g/mol. The van der Waals surface area contributed by atoms with Gasteiger partial charge in [0.05, 0.1) is 11.2 Å². The van der Waals surface area contributed by atoms with E-state index in [0.717, 1.165) is 0 Å². The van der Waals surface area contributed by atoms with Crippen LogP contribution in [0.5, 0.6) is 0 Å². The number of carbonyl (C=O) groups excluding carboxylic acids is 2. The van der Waals surface area contributed by atoms with Gasteiger partial charge in [-0.15, -0.1) is 11.3 Å². The summed E-state index contributed by atoms with van der Waals surface area (Å²) >= 11 is 1.35. The van der Waals surface area contributed by atoms with Crippen LogP contribution in [-0.2, 0) is 0 Å². The van der Waals surface area contributed by atoms with Gasteiger partial charge in [-0.2, -0.15) is 0 Å². The number of rotatable bonds is 3. The number of ketones is 1. The zero-order valence-electron chi connectivity index (χ0n) is 9.14. The third-order valence-corrected chi connectivity index (χ3v) is 2.81. The van der Waals surface area contributed by atoms with Crippen molar-refractivity contribution in [3.8, 4) is 0 Å². The molecule has 0 bridgehead atoms. The Bertz CT molecular complexity index is 549. The lowest BCUT2D eigenvalue weighted by Crippen LogP contribution is -2.14. The Morgan fingerprint density at radius 2 is 2.06 bits per heavy atom. The first-order valence-electron chi connectivity index (χ1n) is 4.98. The van der Waals surface area contributed by atoms with Crippen LogP contribution >= 0.6 is 11.3 Å². The van der Waals surface area contributed by atoms with Crippen molar-refractivity contribution in [3.05, 3.63) is 46.4 Å². The van der Waals surface area contributed by atoms with E-state index >= 15 is 0 Å². The van der Waals surface area contributed by atoms with Crippen molar-refractivity contribution in [2.75, 3.05) is 5.32 Å². The van der Waals surface area contributed by atoms with E-state index in [4.69, 9.17) is 0 Å². The number of thiazole rings is 1. The first-order valence-corrected chi connectivity index (χ1v) is 5.92. The molecule has 2 rings (SSSR count). The lowest BCUT2D eigenvalue weighted by Gasteiger charge is -2.07. The monoisotopic (exact) mass is 246 g/mol. The third kappa shape index (κ3) is 2.57. The fraction of sp³-hybridized carbons (Fsp3) is 0.0833. The number of aromatic nitrogens is 1. The van der Waals surface area contributed by atoms with Crippen LogP contribution in [-0.4, -0.2) is 16.7 Å². The van der Waals surface area contributed by atoms with Crippen LogP contribution in [0.2, 0.25) is 0 Å².